The molecule has 2 aromatic rings. The normalized spacial score (nSPS) is 43.6. The van der Waals surface area contributed by atoms with E-state index in [1.807, 2.05) is 0 Å². The minimum Gasteiger partial charge on any atom is -0.387 e. The molecule has 4 saturated carbocycles. The average Bonchev–Trinajstić information content (AvgIpc) is 3.47. The number of ether oxygens (including phenoxy) is 3. The van der Waals surface area contributed by atoms with Crippen LogP contribution in [0, 0.1) is 40.4 Å². The van der Waals surface area contributed by atoms with E-state index in [-0.39, 0.29) is 35.1 Å². The van der Waals surface area contributed by atoms with Gasteiger partial charge in [0, 0.05) is 5.92 Å². The van der Waals surface area contributed by atoms with Gasteiger partial charge >= 0.3 is 0 Å². The number of hydrogen-bond donors (Lipinski definition) is 1. The summed E-state index contributed by atoms with van der Waals surface area (Å²) in [5.41, 5.74) is 3.07. The molecule has 1 aliphatic heterocycles. The molecule has 5 fully saturated rings. The predicted octanol–water partition coefficient (Wildman–Crippen LogP) is 8.91. The largest absolute Gasteiger partial charge is 0.387 e. The van der Waals surface area contributed by atoms with Gasteiger partial charge in [-0.2, -0.15) is 0 Å². The Morgan fingerprint density at radius 3 is 2.22 bits per heavy atom. The molecule has 4 nitrogen and oxygen atoms in total. The lowest BCUT2D eigenvalue weighted by molar-refractivity contribution is -0.208. The highest BCUT2D eigenvalue weighted by atomic mass is 16.5. The second kappa shape index (κ2) is 12.2. The fourth-order valence-corrected chi connectivity index (χ4v) is 11.6. The zero-order valence-electron chi connectivity index (χ0n) is 28.1. The highest BCUT2D eigenvalue weighted by Gasteiger charge is 2.71. The van der Waals surface area contributed by atoms with Crippen LogP contribution in [0.25, 0.3) is 0 Å². The van der Waals surface area contributed by atoms with E-state index in [2.05, 4.69) is 94.9 Å². The Labute approximate surface area is 271 Å². The van der Waals surface area contributed by atoms with Crippen LogP contribution in [-0.4, -0.2) is 35.1 Å². The van der Waals surface area contributed by atoms with E-state index < -0.39 is 5.60 Å². The summed E-state index contributed by atoms with van der Waals surface area (Å²) in [6.07, 6.45) is 10.4. The molecule has 1 saturated heterocycles. The van der Waals surface area contributed by atoms with Crippen LogP contribution in [0.1, 0.15) is 96.6 Å². The van der Waals surface area contributed by atoms with E-state index >= 15 is 0 Å². The van der Waals surface area contributed by atoms with E-state index in [0.717, 1.165) is 44.1 Å². The fraction of sp³-hybridized carbons (Fsp3) is 0.659. The van der Waals surface area contributed by atoms with E-state index in [0.29, 0.717) is 43.0 Å². The number of rotatable bonds is 9. The van der Waals surface area contributed by atoms with Crippen LogP contribution < -0.4 is 0 Å². The lowest BCUT2D eigenvalue weighted by Crippen LogP contribution is -2.61. The molecule has 12 atom stereocenters. The van der Waals surface area contributed by atoms with Crippen LogP contribution in [0.5, 0.6) is 0 Å². The minimum atomic E-state index is -0.838. The lowest BCUT2D eigenvalue weighted by Gasteiger charge is -2.63. The first kappa shape index (κ1) is 31.6. The minimum absolute atomic E-state index is 0.00610. The Kier molecular flexibility index (Phi) is 8.59. The number of hydrogen-bond acceptors (Lipinski definition) is 4. The standard InChI is InChI=1S/C41H56O4/c1-27(2)16-19-36-41(5,42)38-34(45-36)23-33-32-18-17-30-22-31(43-25-28-12-8-6-9-13-28)20-21-39(30,3)37(32)35(24-40(33,38)4)44-26-29-14-10-7-11-15-29/h6-15,30-38,42H,1,16-26H2,2-5H3/t30-,31+,32-,33-,34-,35-,36+,37+,38-,39-,40-,41-/m0/s1. The summed E-state index contributed by atoms with van der Waals surface area (Å²) in [4.78, 5) is 0. The van der Waals surface area contributed by atoms with Crippen molar-refractivity contribution in [1.82, 2.24) is 0 Å². The van der Waals surface area contributed by atoms with Crippen molar-refractivity contribution in [3.05, 3.63) is 83.9 Å². The van der Waals surface area contributed by atoms with Crippen molar-refractivity contribution < 1.29 is 19.3 Å². The summed E-state index contributed by atoms with van der Waals surface area (Å²) in [6, 6.07) is 21.3. The molecule has 244 valence electrons. The average molecular weight is 613 g/mol. The van der Waals surface area contributed by atoms with Crippen molar-refractivity contribution >= 4 is 0 Å². The second-order valence-corrected chi connectivity index (χ2v) is 16.4. The summed E-state index contributed by atoms with van der Waals surface area (Å²) in [5.74, 6) is 2.49. The van der Waals surface area contributed by atoms with Gasteiger partial charge in [0.2, 0.25) is 0 Å². The van der Waals surface area contributed by atoms with Crippen molar-refractivity contribution in [3.63, 3.8) is 0 Å². The second-order valence-electron chi connectivity index (χ2n) is 16.4. The molecule has 1 heterocycles. The molecule has 0 bridgehead atoms. The Hall–Kier alpha value is -1.98. The molecular formula is C41H56O4. The van der Waals surface area contributed by atoms with Crippen LogP contribution in [-0.2, 0) is 27.4 Å². The highest BCUT2D eigenvalue weighted by molar-refractivity contribution is 5.21. The van der Waals surface area contributed by atoms with Crippen molar-refractivity contribution in [2.24, 2.45) is 40.4 Å². The summed E-state index contributed by atoms with van der Waals surface area (Å²) in [5, 5.41) is 12.2. The zero-order chi connectivity index (χ0) is 31.4. The third kappa shape index (κ3) is 5.66. The van der Waals surface area contributed by atoms with Gasteiger partial charge in [-0.25, -0.2) is 0 Å². The van der Waals surface area contributed by atoms with Gasteiger partial charge in [0.1, 0.15) is 0 Å². The van der Waals surface area contributed by atoms with Crippen molar-refractivity contribution in [1.29, 1.82) is 0 Å². The lowest BCUT2D eigenvalue weighted by atomic mass is 9.43. The van der Waals surface area contributed by atoms with E-state index in [4.69, 9.17) is 14.2 Å². The van der Waals surface area contributed by atoms with E-state index in [9.17, 15) is 5.11 Å². The molecule has 4 aliphatic carbocycles. The smallest absolute Gasteiger partial charge is 0.0938 e. The van der Waals surface area contributed by atoms with E-state index in [1.165, 1.54) is 30.4 Å². The summed E-state index contributed by atoms with van der Waals surface area (Å²) >= 11 is 0. The third-order valence-corrected chi connectivity index (χ3v) is 13.6. The summed E-state index contributed by atoms with van der Waals surface area (Å²) < 4.78 is 20.5. The van der Waals surface area contributed by atoms with Gasteiger partial charge in [-0.05, 0) is 117 Å². The maximum atomic E-state index is 12.2. The van der Waals surface area contributed by atoms with Crippen molar-refractivity contribution in [2.75, 3.05) is 0 Å². The first-order chi connectivity index (χ1) is 21.6. The SMILES string of the molecule is C=C(C)CC[C@H]1O[C@H]2C[C@H]3[C@@H]4CC[C@H]5C[C@H](OCc6ccccc6)CC[C@]5(C)[C@H]4[C@@H](OCc4ccccc4)C[C@]3(C)[C@H]2[C@@]1(C)O. The molecule has 5 aliphatic rings. The number of allylic oxidation sites excluding steroid dienone is 1. The van der Waals surface area contributed by atoms with Gasteiger partial charge in [0.25, 0.3) is 0 Å². The van der Waals surface area contributed by atoms with Crippen LogP contribution in [0.4, 0.5) is 0 Å². The Morgan fingerprint density at radius 1 is 0.889 bits per heavy atom. The van der Waals surface area contributed by atoms with Gasteiger partial charge in [-0.15, -0.1) is 6.58 Å². The maximum Gasteiger partial charge on any atom is 0.0938 e. The quantitative estimate of drug-likeness (QED) is 0.287. The first-order valence-electron chi connectivity index (χ1n) is 17.9. The van der Waals surface area contributed by atoms with Crippen LogP contribution in [0.15, 0.2) is 72.8 Å². The molecule has 7 rings (SSSR count). The van der Waals surface area contributed by atoms with Crippen LogP contribution >= 0.6 is 0 Å². The third-order valence-electron chi connectivity index (χ3n) is 13.6. The Balaban J connectivity index is 1.14. The predicted molar refractivity (Wildman–Crippen MR) is 179 cm³/mol. The van der Waals surface area contributed by atoms with Gasteiger partial charge in [0.15, 0.2) is 0 Å². The van der Waals surface area contributed by atoms with Gasteiger partial charge in [-0.1, -0.05) is 80.1 Å². The number of fused-ring (bicyclic) bond motifs is 7. The van der Waals surface area contributed by atoms with E-state index in [1.54, 1.807) is 0 Å². The monoisotopic (exact) mass is 612 g/mol. The Bertz CT molecular complexity index is 1320. The first-order valence-corrected chi connectivity index (χ1v) is 17.9. The molecule has 0 amide bonds. The number of benzene rings is 2. The maximum absolute atomic E-state index is 12.2. The molecule has 0 unspecified atom stereocenters. The summed E-state index contributed by atoms with van der Waals surface area (Å²) in [6.45, 7) is 14.8. The number of aliphatic hydroxyl groups is 1. The molecule has 45 heavy (non-hydrogen) atoms. The van der Waals surface area contributed by atoms with Crippen molar-refractivity contribution in [3.8, 4) is 0 Å². The van der Waals surface area contributed by atoms with Gasteiger partial charge in [-0.3, -0.25) is 0 Å². The van der Waals surface area contributed by atoms with Gasteiger partial charge in [0.05, 0.1) is 43.2 Å². The van der Waals surface area contributed by atoms with Crippen LogP contribution in [0.2, 0.25) is 0 Å². The topological polar surface area (TPSA) is 47.9 Å². The molecule has 1 N–H and O–H groups in total. The van der Waals surface area contributed by atoms with Crippen LogP contribution in [0.3, 0.4) is 0 Å². The van der Waals surface area contributed by atoms with Crippen molar-refractivity contribution in [2.45, 2.75) is 129 Å². The zero-order valence-corrected chi connectivity index (χ0v) is 28.1. The van der Waals surface area contributed by atoms with Gasteiger partial charge < -0.3 is 19.3 Å². The molecule has 0 spiro atoms. The fourth-order valence-electron chi connectivity index (χ4n) is 11.6. The Morgan fingerprint density at radius 2 is 1.56 bits per heavy atom. The summed E-state index contributed by atoms with van der Waals surface area (Å²) in [7, 11) is 0. The molecular weight excluding hydrogens is 556 g/mol. The highest BCUT2D eigenvalue weighted by Crippen LogP contribution is 2.71. The molecule has 0 radical (unpaired) electrons. The molecule has 2 aromatic carbocycles. The molecule has 4 heteroatoms. The molecule has 0 aromatic heterocycles.